The molecule has 0 radical (unpaired) electrons. The number of hydrogen-bond donors (Lipinski definition) is 1. The minimum Gasteiger partial charge on any atom is -0.332 e. The van der Waals surface area contributed by atoms with Gasteiger partial charge in [0, 0.05) is 16.7 Å². The molecule has 0 aliphatic carbocycles. The SMILES string of the molecule is O=c1ccc(-c2nc(-c3cccc(Cl)c3)no2)n[nH]1. The maximum absolute atomic E-state index is 10.9. The van der Waals surface area contributed by atoms with E-state index >= 15 is 0 Å². The Morgan fingerprint density at radius 2 is 2.11 bits per heavy atom. The van der Waals surface area contributed by atoms with Crippen molar-refractivity contribution in [3.63, 3.8) is 0 Å². The first kappa shape index (κ1) is 11.6. The first-order chi connectivity index (χ1) is 9.22. The van der Waals surface area contributed by atoms with Crippen LogP contribution in [0.15, 0.2) is 45.7 Å². The molecule has 1 aromatic carbocycles. The second-order valence-corrected chi connectivity index (χ2v) is 4.18. The molecule has 1 N–H and O–H groups in total. The lowest BCUT2D eigenvalue weighted by Crippen LogP contribution is -2.05. The first-order valence-corrected chi connectivity index (χ1v) is 5.76. The molecular formula is C12H7ClN4O2. The Hall–Kier alpha value is -2.47. The molecule has 0 saturated heterocycles. The average Bonchev–Trinajstić information content (AvgIpc) is 2.89. The summed E-state index contributed by atoms with van der Waals surface area (Å²) >= 11 is 5.90. The lowest BCUT2D eigenvalue weighted by atomic mass is 10.2. The van der Waals surface area contributed by atoms with E-state index in [9.17, 15) is 4.79 Å². The van der Waals surface area contributed by atoms with Gasteiger partial charge in [-0.25, -0.2) is 5.10 Å². The zero-order chi connectivity index (χ0) is 13.2. The fourth-order valence-corrected chi connectivity index (χ4v) is 1.73. The van der Waals surface area contributed by atoms with E-state index in [0.29, 0.717) is 16.5 Å². The number of benzene rings is 1. The Morgan fingerprint density at radius 3 is 2.84 bits per heavy atom. The van der Waals surface area contributed by atoms with E-state index in [1.807, 2.05) is 6.07 Å². The van der Waals surface area contributed by atoms with Crippen LogP contribution in [0.2, 0.25) is 5.02 Å². The Labute approximate surface area is 112 Å². The largest absolute Gasteiger partial charge is 0.332 e. The molecule has 19 heavy (non-hydrogen) atoms. The Morgan fingerprint density at radius 1 is 1.21 bits per heavy atom. The van der Waals surface area contributed by atoms with Crippen molar-refractivity contribution in [1.82, 2.24) is 20.3 Å². The highest BCUT2D eigenvalue weighted by atomic mass is 35.5. The van der Waals surface area contributed by atoms with Gasteiger partial charge in [0.1, 0.15) is 5.69 Å². The highest BCUT2D eigenvalue weighted by Gasteiger charge is 2.11. The van der Waals surface area contributed by atoms with Crippen molar-refractivity contribution >= 4 is 11.6 Å². The van der Waals surface area contributed by atoms with Crippen molar-refractivity contribution in [1.29, 1.82) is 0 Å². The summed E-state index contributed by atoms with van der Waals surface area (Å²) in [4.78, 5) is 15.1. The van der Waals surface area contributed by atoms with Crippen molar-refractivity contribution in [2.75, 3.05) is 0 Å². The van der Waals surface area contributed by atoms with Gasteiger partial charge in [-0.15, -0.1) is 0 Å². The van der Waals surface area contributed by atoms with Gasteiger partial charge in [-0.3, -0.25) is 4.79 Å². The van der Waals surface area contributed by atoms with Crippen LogP contribution in [0.5, 0.6) is 0 Å². The highest BCUT2D eigenvalue weighted by molar-refractivity contribution is 6.30. The molecule has 94 valence electrons. The van der Waals surface area contributed by atoms with Crippen molar-refractivity contribution in [2.24, 2.45) is 0 Å². The number of H-pyrrole nitrogens is 1. The van der Waals surface area contributed by atoms with Gasteiger partial charge in [0.05, 0.1) is 0 Å². The normalized spacial score (nSPS) is 10.6. The summed E-state index contributed by atoms with van der Waals surface area (Å²) in [5.41, 5.74) is 0.852. The van der Waals surface area contributed by atoms with Crippen LogP contribution < -0.4 is 5.56 Å². The van der Waals surface area contributed by atoms with E-state index in [1.165, 1.54) is 12.1 Å². The topological polar surface area (TPSA) is 84.7 Å². The number of halogens is 1. The Kier molecular flexibility index (Phi) is 2.85. The molecule has 7 heteroatoms. The lowest BCUT2D eigenvalue weighted by Gasteiger charge is -1.93. The Bertz CT molecular complexity index is 761. The van der Waals surface area contributed by atoms with E-state index in [4.69, 9.17) is 16.1 Å². The van der Waals surface area contributed by atoms with Crippen LogP contribution >= 0.6 is 11.6 Å². The number of aromatic nitrogens is 4. The molecule has 3 aromatic rings. The number of aromatic amines is 1. The van der Waals surface area contributed by atoms with Crippen LogP contribution in [0.4, 0.5) is 0 Å². The molecule has 6 nitrogen and oxygen atoms in total. The van der Waals surface area contributed by atoms with E-state index in [2.05, 4.69) is 20.3 Å². The summed E-state index contributed by atoms with van der Waals surface area (Å²) in [6.07, 6.45) is 0. The molecule has 2 heterocycles. The predicted molar refractivity (Wildman–Crippen MR) is 68.6 cm³/mol. The lowest BCUT2D eigenvalue weighted by molar-refractivity contribution is 0.430. The number of nitrogens with one attached hydrogen (secondary N) is 1. The molecule has 0 atom stereocenters. The van der Waals surface area contributed by atoms with Gasteiger partial charge < -0.3 is 4.52 Å². The maximum atomic E-state index is 10.9. The maximum Gasteiger partial charge on any atom is 0.278 e. The molecule has 0 aliphatic rings. The number of rotatable bonds is 2. The van der Waals surface area contributed by atoms with Crippen LogP contribution in [-0.4, -0.2) is 20.3 Å². The average molecular weight is 275 g/mol. The monoisotopic (exact) mass is 274 g/mol. The number of hydrogen-bond acceptors (Lipinski definition) is 5. The molecular weight excluding hydrogens is 268 g/mol. The van der Waals surface area contributed by atoms with E-state index in [-0.39, 0.29) is 11.4 Å². The van der Waals surface area contributed by atoms with Crippen LogP contribution in [-0.2, 0) is 0 Å². The minimum absolute atomic E-state index is 0.228. The van der Waals surface area contributed by atoms with Crippen LogP contribution in [0, 0.1) is 0 Å². The van der Waals surface area contributed by atoms with Gasteiger partial charge in [-0.2, -0.15) is 10.1 Å². The predicted octanol–water partition coefficient (Wildman–Crippen LogP) is 2.14. The van der Waals surface area contributed by atoms with Gasteiger partial charge in [0.2, 0.25) is 5.82 Å². The van der Waals surface area contributed by atoms with Crippen molar-refractivity contribution in [3.8, 4) is 23.0 Å². The second-order valence-electron chi connectivity index (χ2n) is 3.74. The summed E-state index contributed by atoms with van der Waals surface area (Å²) in [5, 5.41) is 10.6. The standard InChI is InChI=1S/C12H7ClN4O2/c13-8-3-1-2-7(6-8)11-14-12(19-17-11)9-4-5-10(18)16-15-9/h1-6H,(H,16,18). The molecule has 0 bridgehead atoms. The van der Waals surface area contributed by atoms with Gasteiger partial charge in [-0.05, 0) is 18.2 Å². The molecule has 0 spiro atoms. The molecule has 0 fully saturated rings. The van der Waals surface area contributed by atoms with E-state index < -0.39 is 0 Å². The van der Waals surface area contributed by atoms with E-state index in [1.54, 1.807) is 18.2 Å². The van der Waals surface area contributed by atoms with Gasteiger partial charge in [0.15, 0.2) is 0 Å². The molecule has 0 saturated carbocycles. The third-order valence-corrected chi connectivity index (χ3v) is 2.64. The van der Waals surface area contributed by atoms with Crippen molar-refractivity contribution < 1.29 is 4.52 Å². The highest BCUT2D eigenvalue weighted by Crippen LogP contribution is 2.22. The molecule has 0 amide bonds. The quantitative estimate of drug-likeness (QED) is 0.774. The number of nitrogens with zero attached hydrogens (tertiary/aromatic N) is 3. The van der Waals surface area contributed by atoms with Crippen LogP contribution in [0.1, 0.15) is 0 Å². The third kappa shape index (κ3) is 2.38. The second kappa shape index (κ2) is 4.66. The summed E-state index contributed by atoms with van der Waals surface area (Å²) < 4.78 is 5.10. The molecule has 2 aromatic heterocycles. The summed E-state index contributed by atoms with van der Waals surface area (Å²) in [5.74, 6) is 0.636. The van der Waals surface area contributed by atoms with Gasteiger partial charge in [-0.1, -0.05) is 28.9 Å². The summed E-state index contributed by atoms with van der Waals surface area (Å²) in [6, 6.07) is 9.96. The fraction of sp³-hybridized carbons (Fsp3) is 0. The van der Waals surface area contributed by atoms with Gasteiger partial charge >= 0.3 is 0 Å². The van der Waals surface area contributed by atoms with E-state index in [0.717, 1.165) is 5.56 Å². The molecule has 0 unspecified atom stereocenters. The molecule has 0 aliphatic heterocycles. The smallest absolute Gasteiger partial charge is 0.278 e. The zero-order valence-corrected chi connectivity index (χ0v) is 10.3. The van der Waals surface area contributed by atoms with Gasteiger partial charge in [0.25, 0.3) is 11.4 Å². The van der Waals surface area contributed by atoms with Crippen molar-refractivity contribution in [3.05, 3.63) is 51.8 Å². The zero-order valence-electron chi connectivity index (χ0n) is 9.50. The van der Waals surface area contributed by atoms with Crippen LogP contribution in [0.25, 0.3) is 23.0 Å². The summed E-state index contributed by atoms with van der Waals surface area (Å²) in [7, 11) is 0. The fourth-order valence-electron chi connectivity index (χ4n) is 1.54. The van der Waals surface area contributed by atoms with Crippen molar-refractivity contribution in [2.45, 2.75) is 0 Å². The third-order valence-electron chi connectivity index (χ3n) is 2.41. The summed E-state index contributed by atoms with van der Waals surface area (Å²) in [6.45, 7) is 0. The first-order valence-electron chi connectivity index (χ1n) is 5.38. The van der Waals surface area contributed by atoms with Crippen LogP contribution in [0.3, 0.4) is 0 Å². The Balaban J connectivity index is 1.99. The minimum atomic E-state index is -0.293. The molecule has 3 rings (SSSR count).